The summed E-state index contributed by atoms with van der Waals surface area (Å²) in [7, 11) is 0. The maximum atomic E-state index is 10.0. The minimum Gasteiger partial charge on any atom is -0.507 e. The number of aromatic hydroxyl groups is 1. The molecule has 16 heteroatoms. The van der Waals surface area contributed by atoms with Crippen LogP contribution in [0.25, 0.3) is 28.3 Å². The smallest absolute Gasteiger partial charge is 0.507 e. The van der Waals surface area contributed by atoms with Crippen molar-refractivity contribution in [3.05, 3.63) is 156 Å². The van der Waals surface area contributed by atoms with E-state index >= 15 is 0 Å². The molecule has 0 bridgehead atoms. The molecular weight excluding hydrogens is 1370 g/mol. The van der Waals surface area contributed by atoms with Gasteiger partial charge in [0.15, 0.2) is 5.89 Å². The van der Waals surface area contributed by atoms with Crippen LogP contribution >= 0.6 is 0 Å². The van der Waals surface area contributed by atoms with E-state index in [4.69, 9.17) is 9.83 Å². The topological polar surface area (TPSA) is 154 Å². The summed E-state index contributed by atoms with van der Waals surface area (Å²) >= 11 is 0. The van der Waals surface area contributed by atoms with E-state index in [1.165, 1.54) is 115 Å². The summed E-state index contributed by atoms with van der Waals surface area (Å²) in [6.45, 7) is 15.3. The number of amidine groups is 1. The van der Waals surface area contributed by atoms with E-state index in [0.717, 1.165) is 77.4 Å². The number of anilines is 1. The molecule has 81 heavy (non-hydrogen) atoms. The van der Waals surface area contributed by atoms with Crippen LogP contribution in [0.4, 0.5) is 5.69 Å². The van der Waals surface area contributed by atoms with Gasteiger partial charge in [0, 0.05) is 117 Å². The number of aromatic nitrogens is 7. The normalized spacial score (nSPS) is 17.6. The van der Waals surface area contributed by atoms with Crippen molar-refractivity contribution in [2.45, 2.75) is 188 Å². The molecule has 1 atom stereocenters. The van der Waals surface area contributed by atoms with Crippen molar-refractivity contribution in [1.29, 1.82) is 0 Å². The third-order valence-electron chi connectivity index (χ3n) is 17.6. The number of hydrogen-bond donors (Lipinski definition) is 2. The zero-order valence-electron chi connectivity index (χ0n) is 48.3. The first-order valence-electron chi connectivity index (χ1n) is 28.6. The summed E-state index contributed by atoms with van der Waals surface area (Å²) in [5, 5.41) is 22.4. The van der Waals surface area contributed by atoms with Crippen LogP contribution in [0.3, 0.4) is 0 Å². The molecule has 0 amide bonds. The van der Waals surface area contributed by atoms with Gasteiger partial charge in [0.05, 0.1) is 0 Å². The average Bonchev–Trinajstić information content (AvgIpc) is 4.36. The third-order valence-corrected chi connectivity index (χ3v) is 17.6. The number of oxazole rings is 1. The second-order valence-electron chi connectivity index (χ2n) is 23.0. The van der Waals surface area contributed by atoms with Crippen molar-refractivity contribution in [2.75, 3.05) is 5.32 Å². The standard InChI is InChI=1S/C17H22N3.C16H20N3.C16H21N3.C16H19NO2.Co.Ir.Ni.Pd/c1-2-17(9-5-3-6-10-17)14-16-19-12-13-20(16)15-8-4-7-11-18-15;1-13-17-10-11-19(13)15-12-14(6-9-18-15)16(2)7-4-3-5-8-16;1-13(16(2)10-6-7-11-16)15(18-12-17)19-14-8-4-3-5-9-14;1-11-17-14(12-7-3-4-8-13(12)18)15(19-11)16(2)9-5-6-10-16;;;;/h4,7-8,11-12H,2-3,5-6,9-10,14H2,1H3;6,9-10,12H,3-5,7-8H2,1-2H3;3-5,8,12-13H,6-7,10-11H2,1-2H3,(H-,17,18,19);3-4,7-8,18H,5-6,9-10H2,1-2H3;;;;/q2*-1;-2;;;;+2;. The maximum Gasteiger partial charge on any atom is 2.00 e. The van der Waals surface area contributed by atoms with E-state index in [-0.39, 0.29) is 96.3 Å². The Balaban J connectivity index is 0.000000229. The fourth-order valence-electron chi connectivity index (χ4n) is 12.4. The summed E-state index contributed by atoms with van der Waals surface area (Å²) < 4.78 is 9.83. The molecule has 0 saturated heterocycles. The molecule has 444 valence electrons. The van der Waals surface area contributed by atoms with Crippen molar-refractivity contribution in [3.63, 3.8) is 0 Å². The van der Waals surface area contributed by atoms with Gasteiger partial charge in [-0.15, -0.1) is 12.4 Å². The minimum absolute atomic E-state index is 0. The Morgan fingerprint density at radius 2 is 1.36 bits per heavy atom. The molecule has 5 aromatic heterocycles. The van der Waals surface area contributed by atoms with Crippen LogP contribution in [-0.4, -0.2) is 51.3 Å². The molecule has 4 aliphatic rings. The molecule has 1 unspecified atom stereocenters. The molecule has 7 aromatic rings. The number of para-hydroxylation sites is 2. The summed E-state index contributed by atoms with van der Waals surface area (Å²) in [5.41, 5.74) is 4.93. The summed E-state index contributed by atoms with van der Waals surface area (Å²) in [6, 6.07) is 28.5. The molecule has 0 aliphatic heterocycles. The SMILES string of the molecule is CC(C(=NC=[N-])Nc1[c-]cccc1)C1(C)CCCC1.CCC1(Cc2nc[c-]n2-c2ccccn2)CCCCC1.Cc1nc(-c2ccccc2O)c(C2(C)CCCC2)o1.Cc1nc[c-]n1-c1cc(C2(C)CCCCC2)ccn1.[Co].[Ir].[Ni+2].[Pd]. The number of benzene rings is 2. The van der Waals surface area contributed by atoms with Gasteiger partial charge in [-0.2, -0.15) is 24.3 Å². The maximum absolute atomic E-state index is 10.0. The van der Waals surface area contributed by atoms with Crippen molar-refractivity contribution < 1.29 is 83.3 Å². The minimum atomic E-state index is 0. The molecule has 4 fully saturated rings. The van der Waals surface area contributed by atoms with Gasteiger partial charge in [-0.3, -0.25) is 0 Å². The summed E-state index contributed by atoms with van der Waals surface area (Å²) in [5.74, 6) is 6.85. The number of nitrogens with one attached hydrogen (secondary N) is 1. The van der Waals surface area contributed by atoms with E-state index < -0.39 is 0 Å². The van der Waals surface area contributed by atoms with Gasteiger partial charge in [0.25, 0.3) is 0 Å². The number of phenols is 1. The predicted octanol–water partition coefficient (Wildman–Crippen LogP) is 15.9. The van der Waals surface area contributed by atoms with Crippen molar-refractivity contribution >= 4 is 17.9 Å². The van der Waals surface area contributed by atoms with E-state index in [9.17, 15) is 5.11 Å². The van der Waals surface area contributed by atoms with Crippen molar-refractivity contribution in [2.24, 2.45) is 21.7 Å². The van der Waals surface area contributed by atoms with Gasteiger partial charge in [-0.25, -0.2) is 4.98 Å². The van der Waals surface area contributed by atoms with E-state index in [1.54, 1.807) is 18.5 Å². The molecule has 2 aromatic carbocycles. The number of pyridine rings is 2. The van der Waals surface area contributed by atoms with Crippen LogP contribution in [0.5, 0.6) is 5.75 Å². The first-order valence-corrected chi connectivity index (χ1v) is 28.6. The van der Waals surface area contributed by atoms with Crippen LogP contribution < -0.4 is 5.32 Å². The number of aliphatic imine (C=N–C) groups is 1. The van der Waals surface area contributed by atoms with Gasteiger partial charge in [-0.1, -0.05) is 161 Å². The molecule has 12 nitrogen and oxygen atoms in total. The first-order chi connectivity index (χ1) is 37.3. The molecule has 0 spiro atoms. The van der Waals surface area contributed by atoms with Crippen molar-refractivity contribution in [3.8, 4) is 28.6 Å². The fourth-order valence-corrected chi connectivity index (χ4v) is 12.4. The fraction of sp³-hybridized carbons (Fsp3) is 0.492. The number of aryl methyl sites for hydroxylation is 2. The predicted molar refractivity (Wildman–Crippen MR) is 311 cm³/mol. The first kappa shape index (κ1) is 69.1. The monoisotopic (exact) mass is 1450 g/mol. The van der Waals surface area contributed by atoms with E-state index in [2.05, 4.69) is 100 Å². The molecule has 4 saturated carbocycles. The van der Waals surface area contributed by atoms with Crippen LogP contribution in [0.15, 0.2) is 113 Å². The molecule has 11 rings (SSSR count). The van der Waals surface area contributed by atoms with Gasteiger partial charge in [0.2, 0.25) is 0 Å². The Bertz CT molecular complexity index is 2980. The second kappa shape index (κ2) is 32.6. The van der Waals surface area contributed by atoms with Crippen molar-refractivity contribution in [1.82, 2.24) is 34.1 Å². The third kappa shape index (κ3) is 17.8. The number of rotatable bonds is 12. The Hall–Kier alpha value is -4.38. The largest absolute Gasteiger partial charge is 2.00 e. The number of hydrogen-bond acceptors (Lipinski definition) is 7. The van der Waals surface area contributed by atoms with Crippen LogP contribution in [-0.2, 0) is 91.0 Å². The average molecular weight is 1450 g/mol. The number of imidazole rings is 2. The summed E-state index contributed by atoms with van der Waals surface area (Å²) in [4.78, 5) is 26.3. The van der Waals surface area contributed by atoms with E-state index in [1.807, 2.05) is 96.0 Å². The van der Waals surface area contributed by atoms with Gasteiger partial charge >= 0.3 is 16.5 Å². The van der Waals surface area contributed by atoms with Gasteiger partial charge in [0.1, 0.15) is 17.2 Å². The summed E-state index contributed by atoms with van der Waals surface area (Å²) in [6.07, 6.45) is 39.8. The second-order valence-corrected chi connectivity index (χ2v) is 23.0. The molecule has 4 aliphatic carbocycles. The Labute approximate surface area is 530 Å². The van der Waals surface area contributed by atoms with Gasteiger partial charge in [-0.05, 0) is 122 Å². The zero-order chi connectivity index (χ0) is 54.3. The Morgan fingerprint density at radius 1 is 0.753 bits per heavy atom. The van der Waals surface area contributed by atoms with Crippen LogP contribution in [0.2, 0.25) is 0 Å². The number of phenolic OH excluding ortho intramolecular Hbond substituents is 1. The Kier molecular flexibility index (Phi) is 27.8. The molecule has 5 heterocycles. The quantitative estimate of drug-likeness (QED) is 0.0530. The molecule has 2 N–H and O–H groups in total. The number of nitrogens with zero attached hydrogens (tertiary/aromatic N) is 9. The zero-order valence-corrected chi connectivity index (χ0v) is 54.3. The Morgan fingerprint density at radius 3 is 1.98 bits per heavy atom. The molecular formula is C65H82CoIrN10NiO2Pd-2. The van der Waals surface area contributed by atoms with E-state index in [0.29, 0.717) is 16.7 Å². The van der Waals surface area contributed by atoms with Gasteiger partial charge < -0.3 is 54.3 Å². The molecule has 2 radical (unpaired) electrons. The van der Waals surface area contributed by atoms with Crippen LogP contribution in [0.1, 0.15) is 185 Å². The van der Waals surface area contributed by atoms with Crippen LogP contribution in [0, 0.1) is 49.1 Å².